The largest absolute Gasteiger partial charge is 0.357 e. The van der Waals surface area contributed by atoms with E-state index in [0.717, 1.165) is 19.0 Å². The summed E-state index contributed by atoms with van der Waals surface area (Å²) in [5, 5.41) is 6.69. The molecule has 1 aromatic rings. The molecule has 0 fully saturated rings. The van der Waals surface area contributed by atoms with Crippen LogP contribution in [-0.2, 0) is 13.1 Å². The van der Waals surface area contributed by atoms with Gasteiger partial charge in [-0.2, -0.15) is 0 Å². The molecule has 0 atom stereocenters. The van der Waals surface area contributed by atoms with Gasteiger partial charge in [-0.15, -0.1) is 24.0 Å². The van der Waals surface area contributed by atoms with E-state index in [1.807, 2.05) is 0 Å². The fraction of sp³-hybridized carbons (Fsp3) is 0.588. The van der Waals surface area contributed by atoms with E-state index in [9.17, 15) is 0 Å². The van der Waals surface area contributed by atoms with E-state index >= 15 is 0 Å². The molecule has 0 amide bonds. The standard InChI is InChI=1S/C17H30N4.HI/c1-7-18-16(20-17(2,3)4)19-12-14-9-8-10-15(11-14)13-21(5)6;/h8-11H,7,12-13H2,1-6H3,(H2,18,19,20);1H. The molecular weight excluding hydrogens is 387 g/mol. The van der Waals surface area contributed by atoms with Gasteiger partial charge in [0.15, 0.2) is 5.96 Å². The summed E-state index contributed by atoms with van der Waals surface area (Å²) < 4.78 is 0. The molecule has 0 aliphatic heterocycles. The van der Waals surface area contributed by atoms with E-state index < -0.39 is 0 Å². The first-order valence-electron chi connectivity index (χ1n) is 7.59. The molecule has 0 bridgehead atoms. The Morgan fingerprint density at radius 3 is 2.36 bits per heavy atom. The highest BCUT2D eigenvalue weighted by molar-refractivity contribution is 14.0. The van der Waals surface area contributed by atoms with Gasteiger partial charge in [-0.25, -0.2) is 4.99 Å². The van der Waals surface area contributed by atoms with Gasteiger partial charge in [0.05, 0.1) is 6.54 Å². The van der Waals surface area contributed by atoms with Crippen LogP contribution in [0.1, 0.15) is 38.8 Å². The maximum absolute atomic E-state index is 4.67. The minimum absolute atomic E-state index is 0. The molecule has 0 saturated carbocycles. The topological polar surface area (TPSA) is 39.7 Å². The average molecular weight is 418 g/mol. The van der Waals surface area contributed by atoms with E-state index in [2.05, 4.69) is 86.6 Å². The van der Waals surface area contributed by atoms with Crippen LogP contribution >= 0.6 is 24.0 Å². The summed E-state index contributed by atoms with van der Waals surface area (Å²) >= 11 is 0. The number of aliphatic imine (C=N–C) groups is 1. The zero-order valence-corrected chi connectivity index (χ0v) is 17.1. The summed E-state index contributed by atoms with van der Waals surface area (Å²) in [6.07, 6.45) is 0. The van der Waals surface area contributed by atoms with E-state index in [1.54, 1.807) is 0 Å². The number of nitrogens with one attached hydrogen (secondary N) is 2. The lowest BCUT2D eigenvalue weighted by Gasteiger charge is -2.23. The first-order valence-corrected chi connectivity index (χ1v) is 7.59. The van der Waals surface area contributed by atoms with Crippen molar-refractivity contribution in [3.63, 3.8) is 0 Å². The van der Waals surface area contributed by atoms with Crippen molar-refractivity contribution in [2.24, 2.45) is 4.99 Å². The number of hydrogen-bond acceptors (Lipinski definition) is 2. The van der Waals surface area contributed by atoms with Crippen LogP contribution in [0.4, 0.5) is 0 Å². The molecule has 2 N–H and O–H groups in total. The zero-order valence-electron chi connectivity index (χ0n) is 14.7. The molecule has 1 aromatic carbocycles. The predicted octanol–water partition coefficient (Wildman–Crippen LogP) is 3.22. The molecule has 0 aliphatic carbocycles. The number of guanidine groups is 1. The monoisotopic (exact) mass is 418 g/mol. The van der Waals surface area contributed by atoms with Crippen molar-refractivity contribution in [2.75, 3.05) is 20.6 Å². The van der Waals surface area contributed by atoms with Gasteiger partial charge in [0.2, 0.25) is 0 Å². The SMILES string of the molecule is CCNC(=NCc1cccc(CN(C)C)c1)NC(C)(C)C.I. The van der Waals surface area contributed by atoms with Crippen LogP contribution in [0.2, 0.25) is 0 Å². The Morgan fingerprint density at radius 2 is 1.82 bits per heavy atom. The molecule has 1 rings (SSSR count). The Balaban J connectivity index is 0.00000441. The second-order valence-electron chi connectivity index (χ2n) is 6.63. The quantitative estimate of drug-likeness (QED) is 0.438. The summed E-state index contributed by atoms with van der Waals surface area (Å²) in [7, 11) is 4.17. The Morgan fingerprint density at radius 1 is 1.18 bits per heavy atom. The van der Waals surface area contributed by atoms with Crippen LogP contribution in [-0.4, -0.2) is 37.0 Å². The third-order valence-electron chi connectivity index (χ3n) is 2.75. The fourth-order valence-electron chi connectivity index (χ4n) is 2.02. The van der Waals surface area contributed by atoms with Gasteiger partial charge < -0.3 is 15.5 Å². The smallest absolute Gasteiger partial charge is 0.191 e. The van der Waals surface area contributed by atoms with Crippen LogP contribution in [0.25, 0.3) is 0 Å². The molecule has 0 heterocycles. The Hall–Kier alpha value is -0.820. The summed E-state index contributed by atoms with van der Waals surface area (Å²) in [6, 6.07) is 8.62. The van der Waals surface area contributed by atoms with Crippen LogP contribution in [0, 0.1) is 0 Å². The maximum Gasteiger partial charge on any atom is 0.191 e. The van der Waals surface area contributed by atoms with Crippen LogP contribution in [0.15, 0.2) is 29.3 Å². The third-order valence-corrected chi connectivity index (χ3v) is 2.75. The number of rotatable bonds is 5. The number of hydrogen-bond donors (Lipinski definition) is 2. The van der Waals surface area contributed by atoms with Crippen molar-refractivity contribution < 1.29 is 0 Å². The highest BCUT2D eigenvalue weighted by atomic mass is 127. The normalized spacial score (nSPS) is 12.0. The van der Waals surface area contributed by atoms with Gasteiger partial charge in [0.25, 0.3) is 0 Å². The molecule has 0 aliphatic rings. The molecule has 0 saturated heterocycles. The minimum atomic E-state index is 0. The predicted molar refractivity (Wildman–Crippen MR) is 107 cm³/mol. The maximum atomic E-state index is 4.67. The van der Waals surface area contributed by atoms with Gasteiger partial charge in [-0.05, 0) is 52.9 Å². The average Bonchev–Trinajstić information content (AvgIpc) is 2.34. The first-order chi connectivity index (χ1) is 9.80. The highest BCUT2D eigenvalue weighted by Crippen LogP contribution is 2.08. The van der Waals surface area contributed by atoms with E-state index in [-0.39, 0.29) is 29.5 Å². The van der Waals surface area contributed by atoms with Gasteiger partial charge in [0.1, 0.15) is 0 Å². The highest BCUT2D eigenvalue weighted by Gasteiger charge is 2.11. The lowest BCUT2D eigenvalue weighted by Crippen LogP contribution is -2.47. The Labute approximate surface area is 152 Å². The molecule has 126 valence electrons. The first kappa shape index (κ1) is 21.2. The number of halogens is 1. The van der Waals surface area contributed by atoms with Crippen molar-refractivity contribution in [1.29, 1.82) is 0 Å². The number of nitrogens with zero attached hydrogens (tertiary/aromatic N) is 2. The van der Waals surface area contributed by atoms with E-state index in [1.165, 1.54) is 11.1 Å². The van der Waals surface area contributed by atoms with Crippen molar-refractivity contribution >= 4 is 29.9 Å². The van der Waals surface area contributed by atoms with E-state index in [4.69, 9.17) is 0 Å². The lowest BCUT2D eigenvalue weighted by atomic mass is 10.1. The van der Waals surface area contributed by atoms with Crippen molar-refractivity contribution in [3.8, 4) is 0 Å². The van der Waals surface area contributed by atoms with Crippen LogP contribution < -0.4 is 10.6 Å². The molecule has 22 heavy (non-hydrogen) atoms. The zero-order chi connectivity index (χ0) is 15.9. The van der Waals surface area contributed by atoms with Crippen LogP contribution in [0.5, 0.6) is 0 Å². The summed E-state index contributed by atoms with van der Waals surface area (Å²) in [4.78, 5) is 6.84. The summed E-state index contributed by atoms with van der Waals surface area (Å²) in [6.45, 7) is 11.0. The molecule has 0 unspecified atom stereocenters. The van der Waals surface area contributed by atoms with Crippen LogP contribution in [0.3, 0.4) is 0 Å². The van der Waals surface area contributed by atoms with Crippen molar-refractivity contribution in [2.45, 2.75) is 46.3 Å². The van der Waals surface area contributed by atoms with Gasteiger partial charge in [0, 0.05) is 18.6 Å². The molecule has 0 radical (unpaired) electrons. The molecule has 0 spiro atoms. The molecular formula is C17H31IN4. The summed E-state index contributed by atoms with van der Waals surface area (Å²) in [5.74, 6) is 0.864. The van der Waals surface area contributed by atoms with Gasteiger partial charge in [-0.3, -0.25) is 0 Å². The fourth-order valence-corrected chi connectivity index (χ4v) is 2.02. The second kappa shape index (κ2) is 10.0. The number of benzene rings is 1. The van der Waals surface area contributed by atoms with E-state index in [0.29, 0.717) is 6.54 Å². The molecule has 5 heteroatoms. The Kier molecular flexibility index (Phi) is 9.67. The van der Waals surface area contributed by atoms with Gasteiger partial charge in [-0.1, -0.05) is 24.3 Å². The van der Waals surface area contributed by atoms with Crippen molar-refractivity contribution in [1.82, 2.24) is 15.5 Å². The Bertz CT molecular complexity index is 464. The summed E-state index contributed by atoms with van der Waals surface area (Å²) in [5.41, 5.74) is 2.57. The van der Waals surface area contributed by atoms with Crippen molar-refractivity contribution in [3.05, 3.63) is 35.4 Å². The lowest BCUT2D eigenvalue weighted by molar-refractivity contribution is 0.402. The molecule has 4 nitrogen and oxygen atoms in total. The second-order valence-corrected chi connectivity index (χ2v) is 6.63. The van der Waals surface area contributed by atoms with Gasteiger partial charge >= 0.3 is 0 Å². The third kappa shape index (κ3) is 9.25. The molecule has 0 aromatic heterocycles. The minimum Gasteiger partial charge on any atom is -0.357 e.